The van der Waals surface area contributed by atoms with Crippen LogP contribution in [-0.4, -0.2) is 22.1 Å². The van der Waals surface area contributed by atoms with Gasteiger partial charge in [-0.3, -0.25) is 0 Å². The highest BCUT2D eigenvalue weighted by Gasteiger charge is 2.21. The smallest absolute Gasteiger partial charge is 0.137 e. The third-order valence-corrected chi connectivity index (χ3v) is 4.41. The van der Waals surface area contributed by atoms with Gasteiger partial charge in [-0.15, -0.1) is 0 Å². The van der Waals surface area contributed by atoms with Crippen molar-refractivity contribution < 1.29 is 9.47 Å². The van der Waals surface area contributed by atoms with Crippen LogP contribution in [0.5, 0.6) is 11.5 Å². The van der Waals surface area contributed by atoms with Gasteiger partial charge >= 0.3 is 0 Å². The highest BCUT2D eigenvalue weighted by atomic mass is 16.5. The standard InChI is InChI=1S/C20H23N3O2/c1-3-24-18-9-15-8-14(2)25-19(15)10-16(18)11-21-12-17-13-23-7-5-4-6-20(23)22-17/h4-7,9-10,13-14,21H,3,8,11-12H2,1-2H3. The number of pyridine rings is 1. The van der Waals surface area contributed by atoms with E-state index >= 15 is 0 Å². The largest absolute Gasteiger partial charge is 0.494 e. The second kappa shape index (κ2) is 6.76. The summed E-state index contributed by atoms with van der Waals surface area (Å²) in [6.07, 6.45) is 5.26. The van der Waals surface area contributed by atoms with Gasteiger partial charge in [0, 0.05) is 43.0 Å². The lowest BCUT2D eigenvalue weighted by molar-refractivity contribution is 0.254. The van der Waals surface area contributed by atoms with Crippen molar-refractivity contribution in [3.05, 3.63) is 59.5 Å². The molecule has 0 saturated heterocycles. The minimum atomic E-state index is 0.241. The van der Waals surface area contributed by atoms with Gasteiger partial charge < -0.3 is 19.2 Å². The van der Waals surface area contributed by atoms with E-state index in [-0.39, 0.29) is 6.10 Å². The monoisotopic (exact) mass is 337 g/mol. The molecular formula is C20H23N3O2. The molecule has 1 aliphatic heterocycles. The molecule has 2 aromatic heterocycles. The van der Waals surface area contributed by atoms with Gasteiger partial charge in [0.15, 0.2) is 0 Å². The van der Waals surface area contributed by atoms with Crippen molar-refractivity contribution in [2.45, 2.75) is 39.5 Å². The summed E-state index contributed by atoms with van der Waals surface area (Å²) >= 11 is 0. The van der Waals surface area contributed by atoms with Crippen LogP contribution in [0.2, 0.25) is 0 Å². The fourth-order valence-electron chi connectivity index (χ4n) is 3.31. The molecule has 1 N–H and O–H groups in total. The molecule has 1 atom stereocenters. The quantitative estimate of drug-likeness (QED) is 0.749. The lowest BCUT2D eigenvalue weighted by Crippen LogP contribution is -2.14. The molecule has 4 rings (SSSR count). The fourth-order valence-corrected chi connectivity index (χ4v) is 3.31. The predicted molar refractivity (Wildman–Crippen MR) is 97.1 cm³/mol. The lowest BCUT2D eigenvalue weighted by Gasteiger charge is -2.13. The Balaban J connectivity index is 1.47. The Morgan fingerprint density at radius 2 is 2.24 bits per heavy atom. The predicted octanol–water partition coefficient (Wildman–Crippen LogP) is 3.35. The summed E-state index contributed by atoms with van der Waals surface area (Å²) in [5.41, 5.74) is 4.35. The maximum Gasteiger partial charge on any atom is 0.137 e. The summed E-state index contributed by atoms with van der Waals surface area (Å²) in [5, 5.41) is 3.47. The Morgan fingerprint density at radius 1 is 1.32 bits per heavy atom. The van der Waals surface area contributed by atoms with Crippen molar-refractivity contribution in [2.75, 3.05) is 6.61 Å². The van der Waals surface area contributed by atoms with Crippen LogP contribution < -0.4 is 14.8 Å². The molecule has 5 heteroatoms. The SMILES string of the molecule is CCOc1cc2c(cc1CNCc1cn3ccccc3n1)OC(C)C2. The van der Waals surface area contributed by atoms with E-state index in [2.05, 4.69) is 35.6 Å². The van der Waals surface area contributed by atoms with Gasteiger partial charge in [0.05, 0.1) is 12.3 Å². The van der Waals surface area contributed by atoms with Crippen LogP contribution in [0.15, 0.2) is 42.7 Å². The lowest BCUT2D eigenvalue weighted by atomic mass is 10.1. The van der Waals surface area contributed by atoms with Gasteiger partial charge in [-0.2, -0.15) is 0 Å². The molecule has 0 fully saturated rings. The van der Waals surface area contributed by atoms with Crippen molar-refractivity contribution in [2.24, 2.45) is 0 Å². The van der Waals surface area contributed by atoms with E-state index in [1.165, 1.54) is 5.56 Å². The maximum absolute atomic E-state index is 5.89. The topological polar surface area (TPSA) is 47.8 Å². The Bertz CT molecular complexity index is 855. The van der Waals surface area contributed by atoms with Crippen molar-refractivity contribution in [1.82, 2.24) is 14.7 Å². The third kappa shape index (κ3) is 3.33. The van der Waals surface area contributed by atoms with E-state index in [0.717, 1.165) is 34.8 Å². The maximum atomic E-state index is 5.89. The molecule has 3 heterocycles. The van der Waals surface area contributed by atoms with E-state index in [0.29, 0.717) is 19.7 Å². The number of fused-ring (bicyclic) bond motifs is 2. The minimum absolute atomic E-state index is 0.241. The first-order chi connectivity index (χ1) is 12.2. The highest BCUT2D eigenvalue weighted by molar-refractivity contribution is 5.48. The zero-order chi connectivity index (χ0) is 17.2. The molecule has 0 aliphatic carbocycles. The summed E-state index contributed by atoms with van der Waals surface area (Å²) in [4.78, 5) is 4.61. The number of hydrogen-bond acceptors (Lipinski definition) is 4. The van der Waals surface area contributed by atoms with E-state index in [1.54, 1.807) is 0 Å². The first-order valence-corrected chi connectivity index (χ1v) is 8.81. The average Bonchev–Trinajstić information content (AvgIpc) is 3.16. The summed E-state index contributed by atoms with van der Waals surface area (Å²) in [5.74, 6) is 1.93. The Labute approximate surface area is 147 Å². The zero-order valence-electron chi connectivity index (χ0n) is 14.7. The van der Waals surface area contributed by atoms with Gasteiger partial charge in [0.25, 0.3) is 0 Å². The molecule has 0 saturated carbocycles. The fraction of sp³-hybridized carbons (Fsp3) is 0.350. The van der Waals surface area contributed by atoms with Crippen molar-refractivity contribution in [3.63, 3.8) is 0 Å². The van der Waals surface area contributed by atoms with Gasteiger partial charge in [0.1, 0.15) is 23.3 Å². The molecule has 1 aromatic carbocycles. The summed E-state index contributed by atoms with van der Waals surface area (Å²) in [6, 6.07) is 10.3. The highest BCUT2D eigenvalue weighted by Crippen LogP contribution is 2.35. The van der Waals surface area contributed by atoms with E-state index in [4.69, 9.17) is 9.47 Å². The van der Waals surface area contributed by atoms with Crippen LogP contribution in [0.25, 0.3) is 5.65 Å². The normalized spacial score (nSPS) is 16.0. The van der Waals surface area contributed by atoms with Gasteiger partial charge in [-0.25, -0.2) is 4.98 Å². The number of rotatable bonds is 6. The molecule has 1 aliphatic rings. The summed E-state index contributed by atoms with van der Waals surface area (Å²) < 4.78 is 13.8. The van der Waals surface area contributed by atoms with Crippen molar-refractivity contribution in [3.8, 4) is 11.5 Å². The first kappa shape index (κ1) is 16.0. The molecular weight excluding hydrogens is 314 g/mol. The number of ether oxygens (including phenoxy) is 2. The van der Waals surface area contributed by atoms with Crippen LogP contribution in [0.3, 0.4) is 0 Å². The number of imidazole rings is 1. The van der Waals surface area contributed by atoms with Crippen LogP contribution in [0, 0.1) is 0 Å². The number of hydrogen-bond donors (Lipinski definition) is 1. The van der Waals surface area contributed by atoms with Crippen LogP contribution in [0.4, 0.5) is 0 Å². The molecule has 0 spiro atoms. The average molecular weight is 337 g/mol. The summed E-state index contributed by atoms with van der Waals surface area (Å²) in [6.45, 7) is 6.20. The zero-order valence-corrected chi connectivity index (χ0v) is 14.7. The minimum Gasteiger partial charge on any atom is -0.494 e. The molecule has 3 aromatic rings. The molecule has 0 amide bonds. The Kier molecular flexibility index (Phi) is 4.32. The number of benzene rings is 1. The third-order valence-electron chi connectivity index (χ3n) is 4.41. The van der Waals surface area contributed by atoms with Crippen LogP contribution in [0.1, 0.15) is 30.7 Å². The Morgan fingerprint density at radius 3 is 3.08 bits per heavy atom. The molecule has 1 unspecified atom stereocenters. The van der Waals surface area contributed by atoms with Gasteiger partial charge in [-0.1, -0.05) is 6.07 Å². The van der Waals surface area contributed by atoms with Crippen LogP contribution in [-0.2, 0) is 19.5 Å². The van der Waals surface area contributed by atoms with E-state index in [9.17, 15) is 0 Å². The van der Waals surface area contributed by atoms with Crippen molar-refractivity contribution in [1.29, 1.82) is 0 Å². The molecule has 5 nitrogen and oxygen atoms in total. The number of nitrogens with one attached hydrogen (secondary N) is 1. The molecule has 130 valence electrons. The Hall–Kier alpha value is -2.53. The number of aromatic nitrogens is 2. The van der Waals surface area contributed by atoms with E-state index in [1.807, 2.05) is 35.7 Å². The summed E-state index contributed by atoms with van der Waals surface area (Å²) in [7, 11) is 0. The molecule has 25 heavy (non-hydrogen) atoms. The molecule has 0 bridgehead atoms. The number of nitrogens with zero attached hydrogens (tertiary/aromatic N) is 2. The first-order valence-electron chi connectivity index (χ1n) is 8.81. The van der Waals surface area contributed by atoms with E-state index < -0.39 is 0 Å². The van der Waals surface area contributed by atoms with Crippen molar-refractivity contribution >= 4 is 5.65 Å². The van der Waals surface area contributed by atoms with Crippen LogP contribution >= 0.6 is 0 Å². The van der Waals surface area contributed by atoms with Gasteiger partial charge in [0.2, 0.25) is 0 Å². The molecule has 0 radical (unpaired) electrons. The second-order valence-corrected chi connectivity index (χ2v) is 6.44. The second-order valence-electron chi connectivity index (χ2n) is 6.44. The van der Waals surface area contributed by atoms with Gasteiger partial charge in [-0.05, 0) is 38.1 Å².